The first kappa shape index (κ1) is 14.8. The second kappa shape index (κ2) is 6.79. The minimum absolute atomic E-state index is 0.479. The maximum Gasteiger partial charge on any atom is 0.228 e. The molecule has 116 valence electrons. The fourth-order valence-corrected chi connectivity index (χ4v) is 2.93. The zero-order valence-corrected chi connectivity index (χ0v) is 13.2. The third-order valence-electron chi connectivity index (χ3n) is 4.03. The number of hydrogen-bond acceptors (Lipinski definition) is 6. The molecule has 1 saturated heterocycles. The molecule has 0 saturated carbocycles. The minimum Gasteiger partial charge on any atom is -0.309 e. The molecule has 0 radical (unpaired) electrons. The molecule has 3 rings (SSSR count). The molecule has 6 nitrogen and oxygen atoms in total. The van der Waals surface area contributed by atoms with E-state index in [1.807, 2.05) is 13.0 Å². The van der Waals surface area contributed by atoms with Gasteiger partial charge in [0, 0.05) is 30.9 Å². The van der Waals surface area contributed by atoms with E-state index in [9.17, 15) is 0 Å². The Labute approximate surface area is 131 Å². The summed E-state index contributed by atoms with van der Waals surface area (Å²) in [5.41, 5.74) is 1.11. The highest BCUT2D eigenvalue weighted by atomic mass is 15.1. The van der Waals surface area contributed by atoms with E-state index >= 15 is 0 Å². The van der Waals surface area contributed by atoms with Gasteiger partial charge in [-0.05, 0) is 38.9 Å². The summed E-state index contributed by atoms with van der Waals surface area (Å²) < 4.78 is 0. The van der Waals surface area contributed by atoms with Crippen LogP contribution >= 0.6 is 0 Å². The van der Waals surface area contributed by atoms with E-state index in [1.165, 1.54) is 19.4 Å². The Kier molecular flexibility index (Phi) is 4.58. The molecule has 3 heterocycles. The van der Waals surface area contributed by atoms with Crippen molar-refractivity contribution >= 4 is 11.8 Å². The Hall–Kier alpha value is -2.08. The average Bonchev–Trinajstić information content (AvgIpc) is 2.55. The molecule has 0 aliphatic carbocycles. The molecule has 0 bridgehead atoms. The van der Waals surface area contributed by atoms with E-state index in [1.54, 1.807) is 18.5 Å². The van der Waals surface area contributed by atoms with E-state index in [2.05, 4.69) is 37.1 Å². The molecule has 1 unspecified atom stereocenters. The molecule has 22 heavy (non-hydrogen) atoms. The number of aromatic nitrogens is 4. The molecule has 0 amide bonds. The number of nitrogens with zero attached hydrogens (tertiary/aromatic N) is 5. The first-order valence-electron chi connectivity index (χ1n) is 7.86. The SMILES string of the molecule is CCN1CCCC(c2cc(Nc3ncccn3)nc(C)n2)C1. The van der Waals surface area contributed by atoms with Gasteiger partial charge in [-0.2, -0.15) is 0 Å². The summed E-state index contributed by atoms with van der Waals surface area (Å²) >= 11 is 0. The fourth-order valence-electron chi connectivity index (χ4n) is 2.93. The third kappa shape index (κ3) is 3.57. The lowest BCUT2D eigenvalue weighted by molar-refractivity contribution is 0.216. The van der Waals surface area contributed by atoms with Crippen molar-refractivity contribution in [3.8, 4) is 0 Å². The van der Waals surface area contributed by atoms with Crippen LogP contribution in [0.2, 0.25) is 0 Å². The van der Waals surface area contributed by atoms with Gasteiger partial charge in [0.05, 0.1) is 5.69 Å². The van der Waals surface area contributed by atoms with E-state index in [0.717, 1.165) is 30.4 Å². The lowest BCUT2D eigenvalue weighted by Crippen LogP contribution is -2.34. The predicted molar refractivity (Wildman–Crippen MR) is 86.2 cm³/mol. The minimum atomic E-state index is 0.479. The second-order valence-electron chi connectivity index (χ2n) is 5.66. The number of likely N-dealkylation sites (N-methyl/N-ethyl adjacent to an activating group) is 1. The molecule has 1 aliphatic heterocycles. The van der Waals surface area contributed by atoms with Gasteiger partial charge in [-0.3, -0.25) is 0 Å². The van der Waals surface area contributed by atoms with Crippen LogP contribution in [0.4, 0.5) is 11.8 Å². The summed E-state index contributed by atoms with van der Waals surface area (Å²) in [6.07, 6.45) is 5.84. The van der Waals surface area contributed by atoms with Crippen molar-refractivity contribution in [2.24, 2.45) is 0 Å². The first-order valence-corrected chi connectivity index (χ1v) is 7.86. The van der Waals surface area contributed by atoms with Crippen molar-refractivity contribution in [2.75, 3.05) is 25.0 Å². The van der Waals surface area contributed by atoms with Crippen molar-refractivity contribution in [3.63, 3.8) is 0 Å². The number of nitrogens with one attached hydrogen (secondary N) is 1. The number of hydrogen-bond donors (Lipinski definition) is 1. The normalized spacial score (nSPS) is 19.1. The highest BCUT2D eigenvalue weighted by molar-refractivity contribution is 5.48. The largest absolute Gasteiger partial charge is 0.309 e. The van der Waals surface area contributed by atoms with E-state index < -0.39 is 0 Å². The van der Waals surface area contributed by atoms with Gasteiger partial charge >= 0.3 is 0 Å². The van der Waals surface area contributed by atoms with Crippen LogP contribution in [-0.2, 0) is 0 Å². The van der Waals surface area contributed by atoms with E-state index in [-0.39, 0.29) is 0 Å². The Morgan fingerprint density at radius 1 is 1.27 bits per heavy atom. The van der Waals surface area contributed by atoms with Crippen molar-refractivity contribution in [3.05, 3.63) is 36.0 Å². The molecule has 0 spiro atoms. The van der Waals surface area contributed by atoms with Gasteiger partial charge in [0.2, 0.25) is 5.95 Å². The molecule has 1 aliphatic rings. The quantitative estimate of drug-likeness (QED) is 0.935. The Bertz CT molecular complexity index is 615. The maximum absolute atomic E-state index is 4.65. The first-order chi connectivity index (χ1) is 10.7. The van der Waals surface area contributed by atoms with Crippen molar-refractivity contribution in [1.29, 1.82) is 0 Å². The van der Waals surface area contributed by atoms with E-state index in [0.29, 0.717) is 11.9 Å². The molecular weight excluding hydrogens is 276 g/mol. The monoisotopic (exact) mass is 298 g/mol. The zero-order chi connectivity index (χ0) is 15.4. The number of aryl methyl sites for hydroxylation is 1. The summed E-state index contributed by atoms with van der Waals surface area (Å²) in [6.45, 7) is 7.52. The van der Waals surface area contributed by atoms with Crippen LogP contribution in [0.5, 0.6) is 0 Å². The fraction of sp³-hybridized carbons (Fsp3) is 0.500. The van der Waals surface area contributed by atoms with Gasteiger partial charge < -0.3 is 10.2 Å². The number of piperidine rings is 1. The maximum atomic E-state index is 4.65. The summed E-state index contributed by atoms with van der Waals surface area (Å²) in [5, 5.41) is 3.16. The van der Waals surface area contributed by atoms with Gasteiger partial charge in [0.1, 0.15) is 11.6 Å². The molecule has 1 atom stereocenters. The Morgan fingerprint density at radius 2 is 2.09 bits per heavy atom. The van der Waals surface area contributed by atoms with Gasteiger partial charge in [0.15, 0.2) is 0 Å². The van der Waals surface area contributed by atoms with Crippen LogP contribution in [0, 0.1) is 6.92 Å². The summed E-state index contributed by atoms with van der Waals surface area (Å²) in [4.78, 5) is 19.9. The lowest BCUT2D eigenvalue weighted by Gasteiger charge is -2.31. The zero-order valence-electron chi connectivity index (χ0n) is 13.2. The van der Waals surface area contributed by atoms with Crippen molar-refractivity contribution in [2.45, 2.75) is 32.6 Å². The van der Waals surface area contributed by atoms with Crippen LogP contribution < -0.4 is 5.32 Å². The highest BCUT2D eigenvalue weighted by Crippen LogP contribution is 2.27. The molecule has 6 heteroatoms. The van der Waals surface area contributed by atoms with Crippen LogP contribution in [-0.4, -0.2) is 44.5 Å². The van der Waals surface area contributed by atoms with Crippen LogP contribution in [0.25, 0.3) is 0 Å². The molecule has 2 aromatic rings. The topological polar surface area (TPSA) is 66.8 Å². The van der Waals surface area contributed by atoms with Crippen LogP contribution in [0.3, 0.4) is 0 Å². The van der Waals surface area contributed by atoms with Gasteiger partial charge in [0.25, 0.3) is 0 Å². The number of rotatable bonds is 4. The molecular formula is C16H22N6. The standard InChI is InChI=1S/C16H22N6/c1-3-22-9-4-6-13(11-22)14-10-15(20-12(2)19-14)21-16-17-7-5-8-18-16/h5,7-8,10,13H,3-4,6,9,11H2,1-2H3,(H,17,18,19,20,21). The van der Waals surface area contributed by atoms with Crippen molar-refractivity contribution < 1.29 is 0 Å². The lowest BCUT2D eigenvalue weighted by atomic mass is 9.94. The summed E-state index contributed by atoms with van der Waals surface area (Å²) in [5.74, 6) is 2.59. The van der Waals surface area contributed by atoms with Crippen LogP contribution in [0.1, 0.15) is 37.2 Å². The molecule has 2 aromatic heterocycles. The highest BCUT2D eigenvalue weighted by Gasteiger charge is 2.22. The van der Waals surface area contributed by atoms with Crippen LogP contribution in [0.15, 0.2) is 24.5 Å². The van der Waals surface area contributed by atoms with Crippen molar-refractivity contribution in [1.82, 2.24) is 24.8 Å². The van der Waals surface area contributed by atoms with Gasteiger partial charge in [-0.15, -0.1) is 0 Å². The Balaban J connectivity index is 1.80. The smallest absolute Gasteiger partial charge is 0.228 e. The van der Waals surface area contributed by atoms with Gasteiger partial charge in [-0.25, -0.2) is 19.9 Å². The third-order valence-corrected chi connectivity index (χ3v) is 4.03. The summed E-state index contributed by atoms with van der Waals surface area (Å²) in [7, 11) is 0. The number of likely N-dealkylation sites (tertiary alicyclic amines) is 1. The average molecular weight is 298 g/mol. The van der Waals surface area contributed by atoms with Gasteiger partial charge in [-0.1, -0.05) is 6.92 Å². The second-order valence-corrected chi connectivity index (χ2v) is 5.66. The van der Waals surface area contributed by atoms with E-state index in [4.69, 9.17) is 0 Å². The number of anilines is 2. The molecule has 1 fully saturated rings. The Morgan fingerprint density at radius 3 is 2.86 bits per heavy atom. The summed E-state index contributed by atoms with van der Waals surface area (Å²) in [6, 6.07) is 3.83. The molecule has 0 aromatic carbocycles. The predicted octanol–water partition coefficient (Wildman–Crippen LogP) is 2.52. The molecule has 1 N–H and O–H groups in total.